The molecule has 0 aliphatic carbocycles. The Morgan fingerprint density at radius 3 is 2.52 bits per heavy atom. The van der Waals surface area contributed by atoms with Crippen molar-refractivity contribution in [1.82, 2.24) is 15.5 Å². The average molecular weight is 346 g/mol. The molecule has 134 valence electrons. The van der Waals surface area contributed by atoms with E-state index in [-0.39, 0.29) is 6.54 Å². The summed E-state index contributed by atoms with van der Waals surface area (Å²) in [6.45, 7) is 4.21. The highest BCUT2D eigenvalue weighted by Gasteiger charge is 2.54. The lowest BCUT2D eigenvalue weighted by molar-refractivity contribution is -0.166. The zero-order chi connectivity index (χ0) is 18.4. The fourth-order valence-corrected chi connectivity index (χ4v) is 2.77. The Balaban J connectivity index is 1.89. The van der Waals surface area contributed by atoms with Gasteiger partial charge in [-0.1, -0.05) is 36.9 Å². The lowest BCUT2D eigenvalue weighted by Crippen LogP contribution is -2.68. The highest BCUT2D eigenvalue weighted by Crippen LogP contribution is 2.31. The summed E-state index contributed by atoms with van der Waals surface area (Å²) in [5, 5.41) is 14.7. The van der Waals surface area contributed by atoms with Gasteiger partial charge in [-0.3, -0.25) is 4.79 Å². The minimum atomic E-state index is -1.18. The van der Waals surface area contributed by atoms with E-state index in [4.69, 9.17) is 5.73 Å². The summed E-state index contributed by atoms with van der Waals surface area (Å²) in [7, 11) is 0. The van der Waals surface area contributed by atoms with E-state index >= 15 is 0 Å². The molecule has 5 N–H and O–H groups in total. The van der Waals surface area contributed by atoms with Crippen molar-refractivity contribution in [2.75, 3.05) is 6.54 Å². The van der Waals surface area contributed by atoms with E-state index in [2.05, 4.69) is 17.2 Å². The Morgan fingerprint density at radius 1 is 1.24 bits per heavy atom. The van der Waals surface area contributed by atoms with Crippen LogP contribution in [-0.2, 0) is 16.1 Å². The minimum absolute atomic E-state index is 0.225. The van der Waals surface area contributed by atoms with E-state index in [1.165, 1.54) is 0 Å². The maximum Gasteiger partial charge on any atom is 0.327 e. The number of hydrogen-bond acceptors (Lipinski definition) is 5. The van der Waals surface area contributed by atoms with E-state index in [9.17, 15) is 19.5 Å². The fraction of sp³-hybridized carbons (Fsp3) is 0.353. The topological polar surface area (TPSA) is 125 Å². The van der Waals surface area contributed by atoms with Crippen LogP contribution in [0, 0.1) is 5.92 Å². The summed E-state index contributed by atoms with van der Waals surface area (Å²) in [6.07, 6.45) is 0.911. The zero-order valence-electron chi connectivity index (χ0n) is 13.8. The zero-order valence-corrected chi connectivity index (χ0v) is 13.8. The second-order valence-electron chi connectivity index (χ2n) is 5.84. The molecule has 2 unspecified atom stereocenters. The number of carbonyl (C=O) groups excluding carboxylic acids is 2. The number of urea groups is 1. The molecule has 1 heterocycles. The Morgan fingerprint density at radius 2 is 1.92 bits per heavy atom. The first-order valence-electron chi connectivity index (χ1n) is 7.97. The number of carboxylic acid groups (broad SMARTS) is 1. The summed E-state index contributed by atoms with van der Waals surface area (Å²) in [4.78, 5) is 36.6. The third-order valence-corrected chi connectivity index (χ3v) is 4.02. The molecule has 8 nitrogen and oxygen atoms in total. The standard InChI is InChI=1S/C17H22N4O4/c1-11(18)19-9-5-8-13-14(16(23)24)21(15(13)22)17(25)20-10-12-6-3-2-4-7-12/h2-4,6-7,13-14,19H,1,5,8-10,18H2,(H,20,25)(H,23,24). The number of rotatable bonds is 8. The van der Waals surface area contributed by atoms with E-state index in [0.29, 0.717) is 25.2 Å². The molecule has 1 aliphatic rings. The second kappa shape index (κ2) is 8.18. The van der Waals surface area contributed by atoms with Crippen molar-refractivity contribution >= 4 is 17.9 Å². The van der Waals surface area contributed by atoms with E-state index in [0.717, 1.165) is 10.5 Å². The number of nitrogens with two attached hydrogens (primary N) is 1. The van der Waals surface area contributed by atoms with E-state index in [1.54, 1.807) is 0 Å². The number of aliphatic carboxylic acids is 1. The largest absolute Gasteiger partial charge is 0.480 e. The van der Waals surface area contributed by atoms with Gasteiger partial charge in [-0.15, -0.1) is 0 Å². The molecular weight excluding hydrogens is 324 g/mol. The van der Waals surface area contributed by atoms with Gasteiger partial charge in [-0.2, -0.15) is 0 Å². The molecule has 2 atom stereocenters. The smallest absolute Gasteiger partial charge is 0.327 e. The van der Waals surface area contributed by atoms with Crippen LogP contribution < -0.4 is 16.4 Å². The first-order chi connectivity index (χ1) is 11.9. The summed E-state index contributed by atoms with van der Waals surface area (Å²) in [5.41, 5.74) is 6.24. The number of carbonyl (C=O) groups is 3. The Hall–Kier alpha value is -3.03. The Labute approximate surface area is 145 Å². The van der Waals surface area contributed by atoms with Crippen LogP contribution in [0.4, 0.5) is 4.79 Å². The quantitative estimate of drug-likeness (QED) is 0.404. The maximum atomic E-state index is 12.2. The van der Waals surface area contributed by atoms with E-state index < -0.39 is 29.9 Å². The van der Waals surface area contributed by atoms with Gasteiger partial charge < -0.3 is 21.5 Å². The van der Waals surface area contributed by atoms with E-state index in [1.807, 2.05) is 30.3 Å². The van der Waals surface area contributed by atoms with Gasteiger partial charge in [0, 0.05) is 13.1 Å². The average Bonchev–Trinajstić information content (AvgIpc) is 2.57. The van der Waals surface area contributed by atoms with Gasteiger partial charge in [0.25, 0.3) is 0 Å². The molecule has 25 heavy (non-hydrogen) atoms. The van der Waals surface area contributed by atoms with Crippen LogP contribution in [0.3, 0.4) is 0 Å². The maximum absolute atomic E-state index is 12.2. The van der Waals surface area contributed by atoms with Gasteiger partial charge in [0.1, 0.15) is 0 Å². The molecule has 0 radical (unpaired) electrons. The van der Waals surface area contributed by atoms with Gasteiger partial charge in [0.2, 0.25) is 5.91 Å². The van der Waals surface area contributed by atoms with Gasteiger partial charge in [-0.25, -0.2) is 14.5 Å². The molecule has 0 spiro atoms. The SMILES string of the molecule is C=C(N)NCCCC1C(=O)N(C(=O)NCc2ccccc2)C1C(=O)O. The highest BCUT2D eigenvalue weighted by molar-refractivity contribution is 6.07. The van der Waals surface area contributed by atoms with Crippen LogP contribution in [0.15, 0.2) is 42.7 Å². The molecule has 1 aromatic carbocycles. The number of hydrogen-bond donors (Lipinski definition) is 4. The predicted octanol–water partition coefficient (Wildman–Crippen LogP) is 0.608. The summed E-state index contributed by atoms with van der Waals surface area (Å²) in [6, 6.07) is 7.34. The second-order valence-corrected chi connectivity index (χ2v) is 5.84. The molecular formula is C17H22N4O4. The monoisotopic (exact) mass is 346 g/mol. The van der Waals surface area contributed by atoms with Gasteiger partial charge >= 0.3 is 12.0 Å². The molecule has 1 aromatic rings. The summed E-state index contributed by atoms with van der Waals surface area (Å²) in [5.74, 6) is -2.04. The normalized spacial score (nSPS) is 19.0. The Kier molecular flexibility index (Phi) is 5.99. The first-order valence-corrected chi connectivity index (χ1v) is 7.97. The van der Waals surface area contributed by atoms with Gasteiger partial charge in [-0.05, 0) is 18.4 Å². The van der Waals surface area contributed by atoms with Crippen LogP contribution in [0.2, 0.25) is 0 Å². The predicted molar refractivity (Wildman–Crippen MR) is 91.0 cm³/mol. The first kappa shape index (κ1) is 18.3. The number of benzene rings is 1. The van der Waals surface area contributed by atoms with Gasteiger partial charge in [0.05, 0.1) is 11.7 Å². The molecule has 0 bridgehead atoms. The molecule has 0 saturated carbocycles. The third-order valence-electron chi connectivity index (χ3n) is 4.02. The fourth-order valence-electron chi connectivity index (χ4n) is 2.77. The molecule has 1 aliphatic heterocycles. The number of likely N-dealkylation sites (tertiary alicyclic amines) is 1. The Bertz CT molecular complexity index is 662. The molecule has 3 amide bonds. The van der Waals surface area contributed by atoms with Crippen molar-refractivity contribution in [2.45, 2.75) is 25.4 Å². The van der Waals surface area contributed by atoms with Crippen molar-refractivity contribution in [3.63, 3.8) is 0 Å². The molecule has 0 aromatic heterocycles. The molecule has 1 fully saturated rings. The number of imide groups is 1. The highest BCUT2D eigenvalue weighted by atomic mass is 16.4. The molecule has 1 saturated heterocycles. The van der Waals surface area contributed by atoms with Crippen LogP contribution in [0.1, 0.15) is 18.4 Å². The van der Waals surface area contributed by atoms with Crippen molar-refractivity contribution in [1.29, 1.82) is 0 Å². The number of nitrogens with zero attached hydrogens (tertiary/aromatic N) is 1. The lowest BCUT2D eigenvalue weighted by atomic mass is 9.84. The van der Waals surface area contributed by atoms with Crippen molar-refractivity contribution in [3.8, 4) is 0 Å². The van der Waals surface area contributed by atoms with Crippen LogP contribution in [0.25, 0.3) is 0 Å². The molecule has 2 rings (SSSR count). The number of carboxylic acids is 1. The number of amides is 3. The van der Waals surface area contributed by atoms with Crippen molar-refractivity contribution in [2.24, 2.45) is 11.7 Å². The third kappa shape index (κ3) is 4.50. The van der Waals surface area contributed by atoms with Crippen LogP contribution >= 0.6 is 0 Å². The number of nitrogens with one attached hydrogen (secondary N) is 2. The van der Waals surface area contributed by atoms with Crippen molar-refractivity contribution < 1.29 is 19.5 Å². The van der Waals surface area contributed by atoms with Crippen LogP contribution in [0.5, 0.6) is 0 Å². The van der Waals surface area contributed by atoms with Gasteiger partial charge in [0.15, 0.2) is 6.04 Å². The summed E-state index contributed by atoms with van der Waals surface area (Å²) >= 11 is 0. The van der Waals surface area contributed by atoms with Crippen molar-refractivity contribution in [3.05, 3.63) is 48.3 Å². The summed E-state index contributed by atoms with van der Waals surface area (Å²) < 4.78 is 0. The lowest BCUT2D eigenvalue weighted by Gasteiger charge is -2.42. The number of β-lactam (4-membered cyclic amide) rings is 1. The van der Waals surface area contributed by atoms with Crippen LogP contribution in [-0.4, -0.2) is 40.5 Å². The molecule has 8 heteroatoms. The minimum Gasteiger partial charge on any atom is -0.480 e.